The lowest BCUT2D eigenvalue weighted by Crippen LogP contribution is -2.44. The van der Waals surface area contributed by atoms with Gasteiger partial charge in [0.1, 0.15) is 5.75 Å². The molecule has 1 heterocycles. The van der Waals surface area contributed by atoms with Gasteiger partial charge in [0.2, 0.25) is 0 Å². The fourth-order valence-electron chi connectivity index (χ4n) is 2.21. The number of aryl methyl sites for hydroxylation is 1. The first-order valence-electron chi connectivity index (χ1n) is 7.39. The number of phenolic OH excluding ortho intramolecular Hbond substituents is 1. The highest BCUT2D eigenvalue weighted by molar-refractivity contribution is 8.18. The van der Waals surface area contributed by atoms with Gasteiger partial charge in [0.05, 0.1) is 10.5 Å². The minimum atomic E-state index is -0.739. The van der Waals surface area contributed by atoms with Crippen molar-refractivity contribution >= 4 is 34.9 Å². The van der Waals surface area contributed by atoms with Crippen LogP contribution in [0, 0.1) is 6.92 Å². The molecule has 1 aliphatic rings. The van der Waals surface area contributed by atoms with Crippen LogP contribution in [-0.2, 0) is 4.79 Å². The van der Waals surface area contributed by atoms with Crippen LogP contribution >= 0.6 is 11.8 Å². The van der Waals surface area contributed by atoms with E-state index in [1.807, 2.05) is 31.2 Å². The Morgan fingerprint density at radius 2 is 1.80 bits per heavy atom. The van der Waals surface area contributed by atoms with E-state index in [9.17, 15) is 19.5 Å². The number of benzene rings is 2. The van der Waals surface area contributed by atoms with Gasteiger partial charge in [0, 0.05) is 0 Å². The monoisotopic (exact) mass is 354 g/mol. The molecule has 0 atom stereocenters. The van der Waals surface area contributed by atoms with E-state index in [0.717, 1.165) is 22.9 Å². The zero-order chi connectivity index (χ0) is 18.0. The largest absolute Gasteiger partial charge is 0.507 e. The summed E-state index contributed by atoms with van der Waals surface area (Å²) in [4.78, 5) is 36.8. The van der Waals surface area contributed by atoms with Crippen LogP contribution in [0.25, 0.3) is 6.08 Å². The normalized spacial score (nSPS) is 15.7. The van der Waals surface area contributed by atoms with Crippen molar-refractivity contribution in [2.45, 2.75) is 6.92 Å². The maximum absolute atomic E-state index is 12.4. The summed E-state index contributed by atoms with van der Waals surface area (Å²) in [5.41, 5.74) is 4.07. The van der Waals surface area contributed by atoms with Crippen molar-refractivity contribution in [2.24, 2.45) is 0 Å². The van der Waals surface area contributed by atoms with Gasteiger partial charge in [0.15, 0.2) is 0 Å². The van der Waals surface area contributed by atoms with Gasteiger partial charge in [-0.05, 0) is 42.5 Å². The highest BCUT2D eigenvalue weighted by Crippen LogP contribution is 2.31. The number of rotatable bonds is 3. The van der Waals surface area contributed by atoms with Gasteiger partial charge in [-0.25, -0.2) is 0 Å². The summed E-state index contributed by atoms with van der Waals surface area (Å²) < 4.78 is 0. The second-order valence-electron chi connectivity index (χ2n) is 5.39. The van der Waals surface area contributed by atoms with Crippen molar-refractivity contribution in [3.63, 3.8) is 0 Å². The molecule has 0 spiro atoms. The molecule has 25 heavy (non-hydrogen) atoms. The second kappa shape index (κ2) is 6.82. The van der Waals surface area contributed by atoms with E-state index in [1.165, 1.54) is 12.1 Å². The van der Waals surface area contributed by atoms with Gasteiger partial charge >= 0.3 is 5.24 Å². The number of hydrogen-bond acceptors (Lipinski definition) is 5. The van der Waals surface area contributed by atoms with Gasteiger partial charge in [-0.1, -0.05) is 42.0 Å². The lowest BCUT2D eigenvalue weighted by Gasteiger charge is -2.14. The highest BCUT2D eigenvalue weighted by Gasteiger charge is 2.37. The molecule has 0 aliphatic carbocycles. The molecule has 2 N–H and O–H groups in total. The van der Waals surface area contributed by atoms with Crippen molar-refractivity contribution in [1.82, 2.24) is 10.4 Å². The highest BCUT2D eigenvalue weighted by atomic mass is 32.2. The van der Waals surface area contributed by atoms with Crippen LogP contribution < -0.4 is 5.43 Å². The van der Waals surface area contributed by atoms with E-state index in [1.54, 1.807) is 18.2 Å². The number of imide groups is 1. The molecule has 6 nitrogen and oxygen atoms in total. The average Bonchev–Trinajstić information content (AvgIpc) is 2.85. The Hall–Kier alpha value is -3.06. The van der Waals surface area contributed by atoms with E-state index in [0.29, 0.717) is 5.01 Å². The Balaban J connectivity index is 1.79. The first-order valence-corrected chi connectivity index (χ1v) is 8.21. The van der Waals surface area contributed by atoms with Gasteiger partial charge in [0.25, 0.3) is 11.8 Å². The first-order chi connectivity index (χ1) is 12.0. The molecule has 7 heteroatoms. The lowest BCUT2D eigenvalue weighted by atomic mass is 10.1. The van der Waals surface area contributed by atoms with Gasteiger partial charge in [-0.3, -0.25) is 19.8 Å². The summed E-state index contributed by atoms with van der Waals surface area (Å²) in [6.07, 6.45) is 1.59. The zero-order valence-corrected chi connectivity index (χ0v) is 14.0. The number of nitrogens with zero attached hydrogens (tertiary/aromatic N) is 1. The molecule has 1 saturated heterocycles. The quantitative estimate of drug-likeness (QED) is 0.827. The Morgan fingerprint density at radius 1 is 1.12 bits per heavy atom. The molecule has 0 saturated carbocycles. The molecule has 0 aromatic heterocycles. The van der Waals surface area contributed by atoms with E-state index in [-0.39, 0.29) is 16.2 Å². The topological polar surface area (TPSA) is 86.7 Å². The number of para-hydroxylation sites is 1. The molecule has 0 bridgehead atoms. The number of phenols is 1. The summed E-state index contributed by atoms with van der Waals surface area (Å²) in [5.74, 6) is -1.58. The third-order valence-electron chi connectivity index (χ3n) is 3.53. The molecule has 3 amide bonds. The minimum Gasteiger partial charge on any atom is -0.507 e. The van der Waals surface area contributed by atoms with Crippen LogP contribution in [0.15, 0.2) is 53.4 Å². The van der Waals surface area contributed by atoms with Gasteiger partial charge in [-0.15, -0.1) is 0 Å². The molecule has 2 aromatic rings. The number of carbonyl (C=O) groups is 3. The second-order valence-corrected chi connectivity index (χ2v) is 6.38. The molecular weight excluding hydrogens is 340 g/mol. The number of hydrogen-bond donors (Lipinski definition) is 2. The van der Waals surface area contributed by atoms with Crippen molar-refractivity contribution in [1.29, 1.82) is 0 Å². The predicted molar refractivity (Wildman–Crippen MR) is 94.6 cm³/mol. The fraction of sp³-hybridized carbons (Fsp3) is 0.0556. The van der Waals surface area contributed by atoms with E-state index in [2.05, 4.69) is 5.43 Å². The smallest absolute Gasteiger partial charge is 0.312 e. The molecular formula is C18H14N2O4S. The Labute approximate surface area is 148 Å². The van der Waals surface area contributed by atoms with Crippen LogP contribution in [0.1, 0.15) is 21.5 Å². The van der Waals surface area contributed by atoms with Crippen molar-refractivity contribution in [3.05, 3.63) is 70.1 Å². The summed E-state index contributed by atoms with van der Waals surface area (Å²) in [5, 5.41) is 9.74. The van der Waals surface area contributed by atoms with Crippen molar-refractivity contribution in [2.75, 3.05) is 0 Å². The maximum atomic E-state index is 12.4. The minimum absolute atomic E-state index is 0.0240. The summed E-state index contributed by atoms with van der Waals surface area (Å²) in [7, 11) is 0. The third-order valence-corrected chi connectivity index (χ3v) is 4.40. The number of thioether (sulfide) groups is 1. The SMILES string of the molecule is Cc1ccc(/C=C2\SC(=O)N(NC(=O)c3ccccc3O)C2=O)cc1. The van der Waals surface area contributed by atoms with Crippen molar-refractivity contribution < 1.29 is 19.5 Å². The molecule has 2 aromatic carbocycles. The average molecular weight is 354 g/mol. The predicted octanol–water partition coefficient (Wildman–Crippen LogP) is 3.08. The summed E-state index contributed by atoms with van der Waals surface area (Å²) in [6.45, 7) is 1.95. The maximum Gasteiger partial charge on any atom is 0.312 e. The Kier molecular flexibility index (Phi) is 4.58. The molecule has 0 unspecified atom stereocenters. The van der Waals surface area contributed by atoms with Crippen molar-refractivity contribution in [3.8, 4) is 5.75 Å². The molecule has 126 valence electrons. The van der Waals surface area contributed by atoms with E-state index >= 15 is 0 Å². The lowest BCUT2D eigenvalue weighted by molar-refractivity contribution is -0.124. The molecule has 3 rings (SSSR count). The Bertz CT molecular complexity index is 890. The van der Waals surface area contributed by atoms with Crippen LogP contribution in [0.4, 0.5) is 4.79 Å². The summed E-state index contributed by atoms with van der Waals surface area (Å²) in [6, 6.07) is 13.3. The standard InChI is InChI=1S/C18H14N2O4S/c1-11-6-8-12(9-7-11)10-15-17(23)20(18(24)25-15)19-16(22)13-4-2-3-5-14(13)21/h2-10,21H,1H3,(H,19,22)/b15-10-. The zero-order valence-electron chi connectivity index (χ0n) is 13.2. The number of nitrogens with one attached hydrogen (secondary N) is 1. The summed E-state index contributed by atoms with van der Waals surface area (Å²) >= 11 is 0.744. The molecule has 0 radical (unpaired) electrons. The molecule has 1 aliphatic heterocycles. The number of carbonyl (C=O) groups excluding carboxylic acids is 3. The number of hydrazine groups is 1. The van der Waals surface area contributed by atoms with E-state index in [4.69, 9.17) is 0 Å². The van der Waals surface area contributed by atoms with Gasteiger partial charge < -0.3 is 5.11 Å². The van der Waals surface area contributed by atoms with Crippen LogP contribution in [-0.4, -0.2) is 27.2 Å². The Morgan fingerprint density at radius 3 is 2.48 bits per heavy atom. The van der Waals surface area contributed by atoms with Gasteiger partial charge in [-0.2, -0.15) is 5.01 Å². The van der Waals surface area contributed by atoms with E-state index < -0.39 is 17.1 Å². The number of amides is 3. The number of aromatic hydroxyl groups is 1. The van der Waals surface area contributed by atoms with Crippen LogP contribution in [0.2, 0.25) is 0 Å². The van der Waals surface area contributed by atoms with Crippen LogP contribution in [0.5, 0.6) is 5.75 Å². The third kappa shape index (κ3) is 3.56. The fourth-order valence-corrected chi connectivity index (χ4v) is 2.99. The first kappa shape index (κ1) is 16.8. The molecule has 1 fully saturated rings. The van der Waals surface area contributed by atoms with Crippen LogP contribution in [0.3, 0.4) is 0 Å².